The number of aromatic hydroxyl groups is 1. The number of hydrogen-bond donors (Lipinski definition) is 2. The van der Waals surface area contributed by atoms with Crippen LogP contribution in [-0.2, 0) is 16.0 Å². The number of carbonyl (C=O) groups is 2. The van der Waals surface area contributed by atoms with Gasteiger partial charge in [0.1, 0.15) is 4.32 Å². The van der Waals surface area contributed by atoms with Gasteiger partial charge >= 0.3 is 5.97 Å². The number of carboxylic acid groups (broad SMARTS) is 1. The molecule has 1 aliphatic rings. The molecule has 0 aliphatic carbocycles. The number of carboxylic acids is 1. The fraction of sp³-hybridized carbons (Fsp3) is 0.235. The molecule has 0 atom stereocenters. The van der Waals surface area contributed by atoms with Crippen LogP contribution in [0.5, 0.6) is 11.5 Å². The van der Waals surface area contributed by atoms with Gasteiger partial charge < -0.3 is 14.9 Å². The molecule has 0 unspecified atom stereocenters. The lowest BCUT2D eigenvalue weighted by atomic mass is 10.1. The molecule has 1 fully saturated rings. The lowest BCUT2D eigenvalue weighted by Gasteiger charge is -2.12. The molecule has 0 aromatic heterocycles. The zero-order valence-electron chi connectivity index (χ0n) is 13.5. The molecule has 0 spiro atoms. The van der Waals surface area contributed by atoms with Gasteiger partial charge in [0.05, 0.1) is 18.4 Å². The third kappa shape index (κ3) is 4.40. The van der Waals surface area contributed by atoms with E-state index in [0.717, 1.165) is 11.8 Å². The number of aliphatic carboxylic acids is 1. The molecule has 0 radical (unpaired) electrons. The van der Waals surface area contributed by atoms with E-state index in [2.05, 4.69) is 6.58 Å². The van der Waals surface area contributed by atoms with E-state index in [1.54, 1.807) is 24.3 Å². The predicted octanol–water partition coefficient (Wildman–Crippen LogP) is 2.81. The molecular formula is C17H17NO5S2. The Morgan fingerprint density at radius 3 is 2.80 bits per heavy atom. The van der Waals surface area contributed by atoms with Crippen LogP contribution in [0.2, 0.25) is 0 Å². The Kier molecular flexibility index (Phi) is 6.22. The summed E-state index contributed by atoms with van der Waals surface area (Å²) in [4.78, 5) is 24.8. The van der Waals surface area contributed by atoms with E-state index in [4.69, 9.17) is 22.1 Å². The first-order valence-electron chi connectivity index (χ1n) is 7.35. The molecule has 1 aromatic carbocycles. The van der Waals surface area contributed by atoms with Crippen LogP contribution in [-0.4, -0.2) is 45.0 Å². The number of rotatable bonds is 7. The van der Waals surface area contributed by atoms with Crippen molar-refractivity contribution in [3.63, 3.8) is 0 Å². The summed E-state index contributed by atoms with van der Waals surface area (Å²) in [5.74, 6) is -0.982. The van der Waals surface area contributed by atoms with Crippen LogP contribution in [0.3, 0.4) is 0 Å². The number of benzene rings is 1. The van der Waals surface area contributed by atoms with Crippen LogP contribution in [0.15, 0.2) is 29.7 Å². The van der Waals surface area contributed by atoms with Crippen LogP contribution in [0.4, 0.5) is 0 Å². The van der Waals surface area contributed by atoms with Crippen LogP contribution < -0.4 is 4.74 Å². The van der Waals surface area contributed by atoms with Crippen molar-refractivity contribution < 1.29 is 24.5 Å². The number of phenols is 1. The first kappa shape index (κ1) is 19.0. The monoisotopic (exact) mass is 379 g/mol. The zero-order valence-corrected chi connectivity index (χ0v) is 15.2. The molecule has 1 aliphatic heterocycles. The Morgan fingerprint density at radius 2 is 2.20 bits per heavy atom. The maximum atomic E-state index is 12.4. The van der Waals surface area contributed by atoms with Crippen LogP contribution >= 0.6 is 24.0 Å². The number of ether oxygens (including phenoxy) is 1. The smallest absolute Gasteiger partial charge is 0.305 e. The summed E-state index contributed by atoms with van der Waals surface area (Å²) in [5.41, 5.74) is 1.30. The van der Waals surface area contributed by atoms with Crippen molar-refractivity contribution in [2.75, 3.05) is 13.7 Å². The van der Waals surface area contributed by atoms with Crippen LogP contribution in [0.1, 0.15) is 17.5 Å². The highest BCUT2D eigenvalue weighted by atomic mass is 32.2. The summed E-state index contributed by atoms with van der Waals surface area (Å²) in [5, 5.41) is 18.9. The van der Waals surface area contributed by atoms with Crippen molar-refractivity contribution in [1.29, 1.82) is 0 Å². The van der Waals surface area contributed by atoms with Gasteiger partial charge in [0, 0.05) is 12.1 Å². The van der Waals surface area contributed by atoms with E-state index in [9.17, 15) is 14.7 Å². The van der Waals surface area contributed by atoms with Gasteiger partial charge in [-0.15, -0.1) is 6.58 Å². The molecule has 25 heavy (non-hydrogen) atoms. The molecule has 1 amide bonds. The Morgan fingerprint density at radius 1 is 1.48 bits per heavy atom. The summed E-state index contributed by atoms with van der Waals surface area (Å²) in [6.45, 7) is 3.69. The van der Waals surface area contributed by atoms with E-state index >= 15 is 0 Å². The topological polar surface area (TPSA) is 87.1 Å². The maximum absolute atomic E-state index is 12.4. The van der Waals surface area contributed by atoms with Crippen molar-refractivity contribution in [3.05, 3.63) is 40.8 Å². The summed E-state index contributed by atoms with van der Waals surface area (Å²) in [6.07, 6.45) is 3.58. The van der Waals surface area contributed by atoms with Crippen LogP contribution in [0.25, 0.3) is 6.08 Å². The molecule has 2 N–H and O–H groups in total. The van der Waals surface area contributed by atoms with Gasteiger partial charge in [-0.1, -0.05) is 30.1 Å². The standard InChI is InChI=1S/C17H17NO5S2/c1-3-4-11-7-10(8-12(23-2)15(11)21)9-13-16(22)18(17(24)25-13)6-5-14(19)20/h3,7-9,21H,1,4-6H2,2H3,(H,19,20)/b13-9-. The second-order valence-corrected chi connectivity index (χ2v) is 6.88. The predicted molar refractivity (Wildman–Crippen MR) is 101 cm³/mol. The van der Waals surface area contributed by atoms with Crippen molar-refractivity contribution in [1.82, 2.24) is 4.90 Å². The second-order valence-electron chi connectivity index (χ2n) is 5.20. The first-order valence-corrected chi connectivity index (χ1v) is 8.57. The largest absolute Gasteiger partial charge is 0.504 e. The van der Waals surface area contributed by atoms with Gasteiger partial charge in [-0.25, -0.2) is 0 Å². The Bertz CT molecular complexity index is 773. The summed E-state index contributed by atoms with van der Waals surface area (Å²) >= 11 is 6.27. The van der Waals surface area contributed by atoms with Gasteiger partial charge in [-0.2, -0.15) is 0 Å². The van der Waals surface area contributed by atoms with Gasteiger partial charge in [0.2, 0.25) is 0 Å². The minimum absolute atomic E-state index is 0.0357. The molecule has 132 valence electrons. The fourth-order valence-corrected chi connectivity index (χ4v) is 3.60. The summed E-state index contributed by atoms with van der Waals surface area (Å²) in [6, 6.07) is 3.36. The normalized spacial score (nSPS) is 15.7. The van der Waals surface area contributed by atoms with E-state index in [0.29, 0.717) is 32.5 Å². The average Bonchev–Trinajstić information content (AvgIpc) is 2.82. The van der Waals surface area contributed by atoms with Crippen molar-refractivity contribution in [2.24, 2.45) is 0 Å². The minimum atomic E-state index is -0.990. The summed E-state index contributed by atoms with van der Waals surface area (Å²) < 4.78 is 5.49. The van der Waals surface area contributed by atoms with Crippen molar-refractivity contribution in [2.45, 2.75) is 12.8 Å². The maximum Gasteiger partial charge on any atom is 0.305 e. The number of methoxy groups -OCH3 is 1. The van der Waals surface area contributed by atoms with Gasteiger partial charge in [-0.05, 0) is 30.2 Å². The highest BCUT2D eigenvalue weighted by Gasteiger charge is 2.32. The number of amides is 1. The third-order valence-corrected chi connectivity index (χ3v) is 4.86. The third-order valence-electron chi connectivity index (χ3n) is 3.48. The Balaban J connectivity index is 2.32. The average molecular weight is 379 g/mol. The highest BCUT2D eigenvalue weighted by Crippen LogP contribution is 2.36. The number of carbonyl (C=O) groups excluding carboxylic acids is 1. The zero-order chi connectivity index (χ0) is 18.6. The lowest BCUT2D eigenvalue weighted by Crippen LogP contribution is -2.30. The van der Waals surface area contributed by atoms with Crippen LogP contribution in [0, 0.1) is 0 Å². The molecular weight excluding hydrogens is 362 g/mol. The highest BCUT2D eigenvalue weighted by molar-refractivity contribution is 8.26. The number of nitrogens with zero attached hydrogens (tertiary/aromatic N) is 1. The number of hydrogen-bond acceptors (Lipinski definition) is 6. The molecule has 6 nitrogen and oxygen atoms in total. The molecule has 2 rings (SSSR count). The second kappa shape index (κ2) is 8.17. The number of allylic oxidation sites excluding steroid dienone is 1. The number of thioether (sulfide) groups is 1. The number of phenolic OH excluding ortho intramolecular Hbond substituents is 1. The minimum Gasteiger partial charge on any atom is -0.504 e. The van der Waals surface area contributed by atoms with Crippen molar-refractivity contribution >= 4 is 46.3 Å². The number of thiocarbonyl (C=S) groups is 1. The van der Waals surface area contributed by atoms with Gasteiger partial charge in [0.25, 0.3) is 5.91 Å². The lowest BCUT2D eigenvalue weighted by molar-refractivity contribution is -0.137. The molecule has 0 bridgehead atoms. The first-order chi connectivity index (χ1) is 11.9. The van der Waals surface area contributed by atoms with Crippen molar-refractivity contribution in [3.8, 4) is 11.5 Å². The molecule has 1 saturated heterocycles. The Hall–Kier alpha value is -2.32. The Labute approximate surface area is 154 Å². The van der Waals surface area contributed by atoms with E-state index in [1.165, 1.54) is 12.0 Å². The SMILES string of the molecule is C=CCc1cc(/C=C2\SC(=S)N(CCC(=O)O)C2=O)cc(OC)c1O. The fourth-order valence-electron chi connectivity index (χ4n) is 2.29. The molecule has 8 heteroatoms. The van der Waals surface area contributed by atoms with Gasteiger partial charge in [0.15, 0.2) is 11.5 Å². The summed E-state index contributed by atoms with van der Waals surface area (Å²) in [7, 11) is 1.45. The van der Waals surface area contributed by atoms with E-state index in [-0.39, 0.29) is 24.6 Å². The quantitative estimate of drug-likeness (QED) is 0.428. The molecule has 1 heterocycles. The molecule has 1 aromatic rings. The van der Waals surface area contributed by atoms with E-state index < -0.39 is 5.97 Å². The van der Waals surface area contributed by atoms with E-state index in [1.807, 2.05) is 0 Å². The van der Waals surface area contributed by atoms with Gasteiger partial charge in [-0.3, -0.25) is 14.5 Å². The molecule has 0 saturated carbocycles.